The third-order valence-electron chi connectivity index (χ3n) is 5.70. The number of carbonyl (C=O) groups excluding carboxylic acids is 2. The van der Waals surface area contributed by atoms with Gasteiger partial charge in [0.2, 0.25) is 11.8 Å². The van der Waals surface area contributed by atoms with E-state index in [0.29, 0.717) is 18.9 Å². The van der Waals surface area contributed by atoms with Crippen molar-refractivity contribution in [3.05, 3.63) is 42.0 Å². The molecule has 5 heteroatoms. The van der Waals surface area contributed by atoms with Crippen LogP contribution in [0.1, 0.15) is 32.3 Å². The Kier molecular flexibility index (Phi) is 7.26. The minimum absolute atomic E-state index is 0.142. The molecule has 2 aliphatic rings. The summed E-state index contributed by atoms with van der Waals surface area (Å²) in [4.78, 5) is 31.3. The summed E-state index contributed by atoms with van der Waals surface area (Å²) in [6, 6.07) is 10.3. The zero-order valence-electron chi connectivity index (χ0n) is 17.2. The molecular formula is C23H33N3O2. The SMILES string of the molecule is CC(C)CCN1CC(C(=O)N2CCN(C/C=C/c3ccccc3)CC2)CC1=O. The highest BCUT2D eigenvalue weighted by Crippen LogP contribution is 2.22. The molecule has 1 unspecified atom stereocenters. The van der Waals surface area contributed by atoms with E-state index in [2.05, 4.69) is 43.0 Å². The Labute approximate surface area is 169 Å². The highest BCUT2D eigenvalue weighted by atomic mass is 16.2. The third-order valence-corrected chi connectivity index (χ3v) is 5.70. The van der Waals surface area contributed by atoms with Crippen LogP contribution in [0.25, 0.3) is 6.08 Å². The summed E-state index contributed by atoms with van der Waals surface area (Å²) in [6.07, 6.45) is 5.72. The fourth-order valence-corrected chi connectivity index (χ4v) is 3.88. The van der Waals surface area contributed by atoms with Gasteiger partial charge in [0, 0.05) is 52.2 Å². The quantitative estimate of drug-likeness (QED) is 0.727. The van der Waals surface area contributed by atoms with Gasteiger partial charge in [-0.3, -0.25) is 14.5 Å². The number of amides is 2. The van der Waals surface area contributed by atoms with Crippen LogP contribution in [0.3, 0.4) is 0 Å². The molecule has 1 aromatic rings. The zero-order valence-corrected chi connectivity index (χ0v) is 17.2. The maximum Gasteiger partial charge on any atom is 0.228 e. The lowest BCUT2D eigenvalue weighted by Crippen LogP contribution is -2.50. The smallest absolute Gasteiger partial charge is 0.228 e. The number of likely N-dealkylation sites (tertiary alicyclic amines) is 1. The van der Waals surface area contributed by atoms with E-state index >= 15 is 0 Å². The summed E-state index contributed by atoms with van der Waals surface area (Å²) in [5, 5.41) is 0. The predicted octanol–water partition coefficient (Wildman–Crippen LogP) is 2.74. The summed E-state index contributed by atoms with van der Waals surface area (Å²) in [5.74, 6) is 0.735. The minimum Gasteiger partial charge on any atom is -0.342 e. The standard InChI is InChI=1S/C23H33N3O2/c1-19(2)10-12-26-18-21(17-22(26)27)23(28)25-15-13-24(14-16-25)11-6-9-20-7-4-3-5-8-20/h3-9,19,21H,10-18H2,1-2H3/b9-6+. The van der Waals surface area contributed by atoms with Crippen LogP contribution in [0.4, 0.5) is 0 Å². The summed E-state index contributed by atoms with van der Waals surface area (Å²) in [5.41, 5.74) is 1.21. The van der Waals surface area contributed by atoms with Crippen molar-refractivity contribution in [3.63, 3.8) is 0 Å². The van der Waals surface area contributed by atoms with Crippen LogP contribution in [0.15, 0.2) is 36.4 Å². The Hall–Kier alpha value is -2.14. The van der Waals surface area contributed by atoms with Crippen LogP contribution in [0.5, 0.6) is 0 Å². The van der Waals surface area contributed by atoms with Gasteiger partial charge in [0.05, 0.1) is 5.92 Å². The topological polar surface area (TPSA) is 43.9 Å². The molecule has 2 amide bonds. The van der Waals surface area contributed by atoms with E-state index in [9.17, 15) is 9.59 Å². The van der Waals surface area contributed by atoms with E-state index in [0.717, 1.165) is 45.7 Å². The molecule has 0 N–H and O–H groups in total. The first kappa shape index (κ1) is 20.6. The average molecular weight is 384 g/mol. The Balaban J connectivity index is 1.41. The summed E-state index contributed by atoms with van der Waals surface area (Å²) in [6.45, 7) is 9.91. The number of piperazine rings is 1. The van der Waals surface area contributed by atoms with Crippen molar-refractivity contribution in [1.82, 2.24) is 14.7 Å². The van der Waals surface area contributed by atoms with Crippen molar-refractivity contribution >= 4 is 17.9 Å². The number of hydrogen-bond donors (Lipinski definition) is 0. The number of benzene rings is 1. The van der Waals surface area contributed by atoms with E-state index in [1.165, 1.54) is 5.56 Å². The number of rotatable bonds is 7. The van der Waals surface area contributed by atoms with Gasteiger partial charge < -0.3 is 9.80 Å². The van der Waals surface area contributed by atoms with Crippen molar-refractivity contribution in [3.8, 4) is 0 Å². The molecule has 1 atom stereocenters. The van der Waals surface area contributed by atoms with Gasteiger partial charge in [-0.25, -0.2) is 0 Å². The van der Waals surface area contributed by atoms with Gasteiger partial charge in [-0.05, 0) is 17.9 Å². The molecule has 0 spiro atoms. The molecule has 0 aromatic heterocycles. The highest BCUT2D eigenvalue weighted by molar-refractivity contribution is 5.89. The van der Waals surface area contributed by atoms with Gasteiger partial charge >= 0.3 is 0 Å². The second-order valence-electron chi connectivity index (χ2n) is 8.36. The van der Waals surface area contributed by atoms with E-state index in [-0.39, 0.29) is 17.7 Å². The van der Waals surface area contributed by atoms with Crippen molar-refractivity contribution in [2.24, 2.45) is 11.8 Å². The summed E-state index contributed by atoms with van der Waals surface area (Å²) < 4.78 is 0. The lowest BCUT2D eigenvalue weighted by molar-refractivity contribution is -0.137. The second-order valence-corrected chi connectivity index (χ2v) is 8.36. The maximum absolute atomic E-state index is 12.8. The number of hydrogen-bond acceptors (Lipinski definition) is 3. The average Bonchev–Trinajstić information content (AvgIpc) is 3.08. The molecule has 152 valence electrons. The van der Waals surface area contributed by atoms with Crippen LogP contribution in [-0.4, -0.2) is 72.3 Å². The Bertz CT molecular complexity index is 678. The predicted molar refractivity (Wildman–Crippen MR) is 113 cm³/mol. The molecule has 28 heavy (non-hydrogen) atoms. The van der Waals surface area contributed by atoms with E-state index in [1.807, 2.05) is 28.0 Å². The first-order valence-corrected chi connectivity index (χ1v) is 10.5. The Morgan fingerprint density at radius 2 is 1.86 bits per heavy atom. The van der Waals surface area contributed by atoms with Gasteiger partial charge in [-0.1, -0.05) is 56.3 Å². The van der Waals surface area contributed by atoms with E-state index in [1.54, 1.807) is 0 Å². The fourth-order valence-electron chi connectivity index (χ4n) is 3.88. The summed E-state index contributed by atoms with van der Waals surface area (Å²) >= 11 is 0. The fraction of sp³-hybridized carbons (Fsp3) is 0.565. The Morgan fingerprint density at radius 3 is 2.54 bits per heavy atom. The van der Waals surface area contributed by atoms with Crippen LogP contribution >= 0.6 is 0 Å². The monoisotopic (exact) mass is 383 g/mol. The molecule has 0 aliphatic carbocycles. The zero-order chi connectivity index (χ0) is 19.9. The number of carbonyl (C=O) groups is 2. The van der Waals surface area contributed by atoms with Crippen molar-refractivity contribution in [2.75, 3.05) is 45.8 Å². The third kappa shape index (κ3) is 5.68. The molecule has 2 aliphatic heterocycles. The molecule has 1 aromatic carbocycles. The normalized spacial score (nSPS) is 21.2. The molecule has 5 nitrogen and oxygen atoms in total. The molecule has 2 heterocycles. The van der Waals surface area contributed by atoms with Gasteiger partial charge in [0.1, 0.15) is 0 Å². The Morgan fingerprint density at radius 1 is 1.14 bits per heavy atom. The minimum atomic E-state index is -0.149. The lowest BCUT2D eigenvalue weighted by Gasteiger charge is -2.35. The van der Waals surface area contributed by atoms with Gasteiger partial charge in [0.25, 0.3) is 0 Å². The van der Waals surface area contributed by atoms with Crippen molar-refractivity contribution in [1.29, 1.82) is 0 Å². The molecule has 0 radical (unpaired) electrons. The molecular weight excluding hydrogens is 350 g/mol. The van der Waals surface area contributed by atoms with Crippen LogP contribution in [0, 0.1) is 11.8 Å². The molecule has 0 saturated carbocycles. The molecule has 2 fully saturated rings. The van der Waals surface area contributed by atoms with E-state index < -0.39 is 0 Å². The van der Waals surface area contributed by atoms with Crippen molar-refractivity contribution in [2.45, 2.75) is 26.7 Å². The maximum atomic E-state index is 12.8. The lowest BCUT2D eigenvalue weighted by atomic mass is 10.1. The van der Waals surface area contributed by atoms with Crippen LogP contribution < -0.4 is 0 Å². The largest absolute Gasteiger partial charge is 0.342 e. The first-order valence-electron chi connectivity index (χ1n) is 10.5. The van der Waals surface area contributed by atoms with Crippen LogP contribution in [0.2, 0.25) is 0 Å². The van der Waals surface area contributed by atoms with Crippen LogP contribution in [-0.2, 0) is 9.59 Å². The molecule has 3 rings (SSSR count). The summed E-state index contributed by atoms with van der Waals surface area (Å²) in [7, 11) is 0. The van der Waals surface area contributed by atoms with Gasteiger partial charge in [0.15, 0.2) is 0 Å². The first-order chi connectivity index (χ1) is 13.5. The van der Waals surface area contributed by atoms with Crippen molar-refractivity contribution < 1.29 is 9.59 Å². The molecule has 2 saturated heterocycles. The highest BCUT2D eigenvalue weighted by Gasteiger charge is 2.36. The van der Waals surface area contributed by atoms with E-state index in [4.69, 9.17) is 0 Å². The molecule has 0 bridgehead atoms. The number of nitrogens with zero attached hydrogens (tertiary/aromatic N) is 3. The van der Waals surface area contributed by atoms with Gasteiger partial charge in [-0.15, -0.1) is 0 Å². The second kappa shape index (κ2) is 9.87. The van der Waals surface area contributed by atoms with Gasteiger partial charge in [-0.2, -0.15) is 0 Å².